The van der Waals surface area contributed by atoms with Gasteiger partial charge in [0.15, 0.2) is 11.5 Å². The van der Waals surface area contributed by atoms with Gasteiger partial charge in [0.25, 0.3) is 0 Å². The summed E-state index contributed by atoms with van der Waals surface area (Å²) in [5, 5.41) is 11.7. The minimum absolute atomic E-state index is 0.0833. The summed E-state index contributed by atoms with van der Waals surface area (Å²) < 4.78 is 5.90. The molecule has 6 heteroatoms. The van der Waals surface area contributed by atoms with E-state index in [1.165, 1.54) is 12.6 Å². The van der Waals surface area contributed by atoms with Crippen LogP contribution in [-0.2, 0) is 0 Å². The number of ether oxygens (including phenoxy) is 1. The van der Waals surface area contributed by atoms with E-state index in [1.54, 1.807) is 6.20 Å². The topological polar surface area (TPSA) is 93.6 Å². The van der Waals surface area contributed by atoms with E-state index < -0.39 is 0 Å². The second-order valence-electron chi connectivity index (χ2n) is 5.35. The lowest BCUT2D eigenvalue weighted by Crippen LogP contribution is -2.30. The van der Waals surface area contributed by atoms with Crippen molar-refractivity contribution >= 4 is 5.84 Å². The molecule has 2 unspecified atom stereocenters. The highest BCUT2D eigenvalue weighted by Crippen LogP contribution is 2.31. The molecule has 2 atom stereocenters. The summed E-state index contributed by atoms with van der Waals surface area (Å²) in [5.41, 5.74) is 5.86. The van der Waals surface area contributed by atoms with Crippen LogP contribution < -0.4 is 10.5 Å². The average molecular weight is 264 g/mol. The van der Waals surface area contributed by atoms with Crippen LogP contribution >= 0.6 is 0 Å². The average Bonchev–Trinajstić information content (AvgIpc) is 2.37. The number of hydrogen-bond acceptors (Lipinski definition) is 5. The first-order valence-corrected chi connectivity index (χ1v) is 6.55. The third-order valence-electron chi connectivity index (χ3n) is 3.43. The van der Waals surface area contributed by atoms with Crippen molar-refractivity contribution in [3.63, 3.8) is 0 Å². The molecule has 1 heterocycles. The molecule has 0 radical (unpaired) electrons. The molecule has 0 spiro atoms. The van der Waals surface area contributed by atoms with Gasteiger partial charge in [-0.15, -0.1) is 0 Å². The van der Waals surface area contributed by atoms with Crippen LogP contribution in [0.1, 0.15) is 38.8 Å². The number of amidine groups is 1. The van der Waals surface area contributed by atoms with Crippen LogP contribution in [0, 0.1) is 11.8 Å². The summed E-state index contributed by atoms with van der Waals surface area (Å²) in [5.74, 6) is 1.53. The van der Waals surface area contributed by atoms with Gasteiger partial charge in [-0.05, 0) is 31.1 Å². The van der Waals surface area contributed by atoms with Crippen molar-refractivity contribution in [2.45, 2.75) is 39.2 Å². The van der Waals surface area contributed by atoms with Gasteiger partial charge in [-0.25, -0.2) is 9.97 Å². The normalized spacial score (nSPS) is 28.1. The molecule has 104 valence electrons. The van der Waals surface area contributed by atoms with Crippen LogP contribution in [0.2, 0.25) is 0 Å². The molecular weight excluding hydrogens is 244 g/mol. The van der Waals surface area contributed by atoms with Gasteiger partial charge >= 0.3 is 0 Å². The second-order valence-corrected chi connectivity index (χ2v) is 5.35. The highest BCUT2D eigenvalue weighted by molar-refractivity contribution is 5.97. The molecule has 1 fully saturated rings. The molecule has 2 rings (SSSR count). The Balaban J connectivity index is 2.15. The molecule has 1 saturated carbocycles. The molecule has 3 N–H and O–H groups in total. The van der Waals surface area contributed by atoms with Crippen LogP contribution in [0.3, 0.4) is 0 Å². The minimum Gasteiger partial charge on any atom is -0.473 e. The zero-order valence-electron chi connectivity index (χ0n) is 11.3. The molecular formula is C13H20N4O2. The van der Waals surface area contributed by atoms with Crippen LogP contribution in [0.25, 0.3) is 0 Å². The Hall–Kier alpha value is -1.85. The summed E-state index contributed by atoms with van der Waals surface area (Å²) in [6, 6.07) is 0. The largest absolute Gasteiger partial charge is 0.473 e. The Labute approximate surface area is 112 Å². The van der Waals surface area contributed by atoms with E-state index in [4.69, 9.17) is 15.7 Å². The SMILES string of the molecule is CC1CC(C)CC(Oc2nccnc2C(N)=NO)C1. The van der Waals surface area contributed by atoms with Crippen molar-refractivity contribution in [2.24, 2.45) is 22.7 Å². The third-order valence-corrected chi connectivity index (χ3v) is 3.43. The van der Waals surface area contributed by atoms with Gasteiger partial charge in [0.05, 0.1) is 0 Å². The molecule has 0 saturated heterocycles. The van der Waals surface area contributed by atoms with Crippen molar-refractivity contribution in [1.29, 1.82) is 0 Å². The van der Waals surface area contributed by atoms with Gasteiger partial charge in [0.2, 0.25) is 5.88 Å². The van der Waals surface area contributed by atoms with Crippen LogP contribution in [0.4, 0.5) is 0 Å². The molecule has 19 heavy (non-hydrogen) atoms. The molecule has 1 aromatic rings. The number of aromatic nitrogens is 2. The van der Waals surface area contributed by atoms with E-state index >= 15 is 0 Å². The predicted molar refractivity (Wildman–Crippen MR) is 71.1 cm³/mol. The van der Waals surface area contributed by atoms with Gasteiger partial charge in [-0.1, -0.05) is 19.0 Å². The van der Waals surface area contributed by atoms with Crippen LogP contribution in [0.15, 0.2) is 17.5 Å². The van der Waals surface area contributed by atoms with Crippen molar-refractivity contribution in [3.8, 4) is 5.88 Å². The van der Waals surface area contributed by atoms with Gasteiger partial charge < -0.3 is 15.7 Å². The second kappa shape index (κ2) is 5.86. The number of nitrogens with zero attached hydrogens (tertiary/aromatic N) is 3. The van der Waals surface area contributed by atoms with Gasteiger partial charge in [-0.2, -0.15) is 0 Å². The van der Waals surface area contributed by atoms with Gasteiger partial charge in [-0.3, -0.25) is 0 Å². The van der Waals surface area contributed by atoms with Crippen molar-refractivity contribution < 1.29 is 9.94 Å². The Morgan fingerprint density at radius 3 is 2.53 bits per heavy atom. The molecule has 1 aliphatic rings. The molecule has 0 amide bonds. The number of hydrogen-bond donors (Lipinski definition) is 2. The third kappa shape index (κ3) is 3.33. The maximum atomic E-state index is 8.74. The van der Waals surface area contributed by atoms with E-state index in [-0.39, 0.29) is 17.6 Å². The van der Waals surface area contributed by atoms with E-state index in [0.717, 1.165) is 12.8 Å². The van der Waals surface area contributed by atoms with E-state index in [0.29, 0.717) is 17.7 Å². The Morgan fingerprint density at radius 2 is 1.89 bits per heavy atom. The summed E-state index contributed by atoms with van der Waals surface area (Å²) in [4.78, 5) is 8.18. The fourth-order valence-corrected chi connectivity index (χ4v) is 2.76. The van der Waals surface area contributed by atoms with Crippen LogP contribution in [-0.4, -0.2) is 27.1 Å². The number of rotatable bonds is 3. The quantitative estimate of drug-likeness (QED) is 0.375. The van der Waals surface area contributed by atoms with E-state index in [1.807, 2.05) is 0 Å². The van der Waals surface area contributed by atoms with Crippen molar-refractivity contribution in [3.05, 3.63) is 18.1 Å². The first-order chi connectivity index (χ1) is 9.10. The molecule has 6 nitrogen and oxygen atoms in total. The molecule has 1 aromatic heterocycles. The highest BCUT2D eigenvalue weighted by atomic mass is 16.5. The maximum Gasteiger partial charge on any atom is 0.244 e. The molecule has 0 aromatic carbocycles. The first kappa shape index (κ1) is 13.6. The minimum atomic E-state index is -0.0833. The summed E-state index contributed by atoms with van der Waals surface area (Å²) in [6.45, 7) is 4.46. The molecule has 0 aliphatic heterocycles. The maximum absolute atomic E-state index is 8.74. The van der Waals surface area contributed by atoms with Crippen molar-refractivity contribution in [1.82, 2.24) is 9.97 Å². The Morgan fingerprint density at radius 1 is 1.26 bits per heavy atom. The van der Waals surface area contributed by atoms with E-state index in [9.17, 15) is 0 Å². The van der Waals surface area contributed by atoms with Crippen molar-refractivity contribution in [2.75, 3.05) is 0 Å². The van der Waals surface area contributed by atoms with Crippen LogP contribution in [0.5, 0.6) is 5.88 Å². The summed E-state index contributed by atoms with van der Waals surface area (Å²) >= 11 is 0. The number of nitrogens with two attached hydrogens (primary N) is 1. The number of oxime groups is 1. The lowest BCUT2D eigenvalue weighted by molar-refractivity contribution is 0.0960. The summed E-state index contributed by atoms with van der Waals surface area (Å²) in [6.07, 6.45) is 6.37. The fourth-order valence-electron chi connectivity index (χ4n) is 2.76. The fraction of sp³-hybridized carbons (Fsp3) is 0.615. The molecule has 1 aliphatic carbocycles. The standard InChI is InChI=1S/C13H20N4O2/c1-8-5-9(2)7-10(6-8)19-13-11(12(14)17-18)15-3-4-16-13/h3-4,8-10,18H,5-7H2,1-2H3,(H2,14,17). The monoisotopic (exact) mass is 264 g/mol. The summed E-state index contributed by atoms with van der Waals surface area (Å²) in [7, 11) is 0. The van der Waals surface area contributed by atoms with E-state index in [2.05, 4.69) is 29.0 Å². The van der Waals surface area contributed by atoms with Gasteiger partial charge in [0, 0.05) is 12.4 Å². The lowest BCUT2D eigenvalue weighted by Gasteiger charge is -2.31. The lowest BCUT2D eigenvalue weighted by atomic mass is 9.82. The highest BCUT2D eigenvalue weighted by Gasteiger charge is 2.26. The zero-order valence-corrected chi connectivity index (χ0v) is 11.3. The predicted octanol–water partition coefficient (Wildman–Crippen LogP) is 1.77. The Bertz CT molecular complexity index is 454. The van der Waals surface area contributed by atoms with Gasteiger partial charge in [0.1, 0.15) is 6.10 Å². The smallest absolute Gasteiger partial charge is 0.244 e. The molecule has 0 bridgehead atoms. The Kier molecular flexibility index (Phi) is 4.19. The first-order valence-electron chi connectivity index (χ1n) is 6.55. The zero-order chi connectivity index (χ0) is 13.8.